The molecular formula is C24H17N2OP. The predicted molar refractivity (Wildman–Crippen MR) is 115 cm³/mol. The quantitative estimate of drug-likeness (QED) is 0.333. The highest BCUT2D eigenvalue weighted by Crippen LogP contribution is 2.37. The molecule has 0 bridgehead atoms. The number of rotatable bonds is 2. The van der Waals surface area contributed by atoms with Crippen LogP contribution in [0.15, 0.2) is 66.7 Å². The second kappa shape index (κ2) is 6.65. The monoisotopic (exact) mass is 380 g/mol. The van der Waals surface area contributed by atoms with Crippen molar-refractivity contribution >= 4 is 34.0 Å². The molecule has 0 aliphatic carbocycles. The third kappa shape index (κ3) is 2.87. The molecule has 4 heteroatoms. The lowest BCUT2D eigenvalue weighted by molar-refractivity contribution is 0.588. The Kier molecular flexibility index (Phi) is 4.27. The van der Waals surface area contributed by atoms with Gasteiger partial charge >= 0.3 is 0 Å². The number of nitrogens with zero attached hydrogens (tertiary/aromatic N) is 2. The molecule has 28 heavy (non-hydrogen) atoms. The lowest BCUT2D eigenvalue weighted by Crippen LogP contribution is -2.02. The molecule has 0 aliphatic heterocycles. The zero-order chi connectivity index (χ0) is 19.9. The molecule has 134 valence electrons. The Labute approximate surface area is 163 Å². The molecule has 0 heterocycles. The van der Waals surface area contributed by atoms with Crippen molar-refractivity contribution < 1.29 is 4.57 Å². The van der Waals surface area contributed by atoms with Crippen molar-refractivity contribution in [3.63, 3.8) is 0 Å². The summed E-state index contributed by atoms with van der Waals surface area (Å²) >= 11 is 0. The van der Waals surface area contributed by atoms with Crippen LogP contribution in [-0.2, 0) is 4.57 Å². The highest BCUT2D eigenvalue weighted by Gasteiger charge is 2.15. The third-order valence-corrected chi connectivity index (χ3v) is 6.57. The first-order chi connectivity index (χ1) is 13.4. The maximum Gasteiger partial charge on any atom is 0.109 e. The first-order valence-electron chi connectivity index (χ1n) is 8.88. The molecule has 0 aromatic heterocycles. The topological polar surface area (TPSA) is 64.7 Å². The molecule has 0 saturated carbocycles. The van der Waals surface area contributed by atoms with Crippen LogP contribution in [-0.4, -0.2) is 13.3 Å². The molecular weight excluding hydrogens is 363 g/mol. The second-order valence-corrected chi connectivity index (χ2v) is 10.4. The van der Waals surface area contributed by atoms with E-state index in [0.717, 1.165) is 38.0 Å². The number of benzene rings is 4. The van der Waals surface area contributed by atoms with Gasteiger partial charge in [0, 0.05) is 26.8 Å². The van der Waals surface area contributed by atoms with Crippen molar-refractivity contribution in [3.8, 4) is 23.3 Å². The average Bonchev–Trinajstić information content (AvgIpc) is 2.71. The number of fused-ring (bicyclic) bond motifs is 2. The molecule has 4 aromatic rings. The van der Waals surface area contributed by atoms with E-state index in [0.29, 0.717) is 11.1 Å². The first kappa shape index (κ1) is 18.0. The Morgan fingerprint density at radius 1 is 0.679 bits per heavy atom. The van der Waals surface area contributed by atoms with E-state index < -0.39 is 7.14 Å². The van der Waals surface area contributed by atoms with Gasteiger partial charge in [-0.25, -0.2) is 0 Å². The molecule has 0 fully saturated rings. The van der Waals surface area contributed by atoms with Crippen LogP contribution in [0.25, 0.3) is 32.7 Å². The molecule has 0 N–H and O–H groups in total. The fraction of sp³-hybridized carbons (Fsp3) is 0.0833. The fourth-order valence-corrected chi connectivity index (χ4v) is 4.51. The molecule has 4 aromatic carbocycles. The molecule has 0 spiro atoms. The number of hydrogen-bond acceptors (Lipinski definition) is 3. The van der Waals surface area contributed by atoms with Crippen molar-refractivity contribution in [2.45, 2.75) is 0 Å². The van der Waals surface area contributed by atoms with Crippen LogP contribution < -0.4 is 5.30 Å². The second-order valence-electron chi connectivity index (χ2n) is 7.18. The summed E-state index contributed by atoms with van der Waals surface area (Å²) in [5.74, 6) is 0. The summed E-state index contributed by atoms with van der Waals surface area (Å²) < 4.78 is 12.5. The molecule has 0 unspecified atom stereocenters. The molecule has 0 amide bonds. The Morgan fingerprint density at radius 2 is 1.25 bits per heavy atom. The molecule has 0 saturated heterocycles. The van der Waals surface area contributed by atoms with Gasteiger partial charge in [0.05, 0.1) is 11.1 Å². The van der Waals surface area contributed by atoms with E-state index in [1.54, 1.807) is 13.3 Å². The van der Waals surface area contributed by atoms with Gasteiger partial charge in [-0.2, -0.15) is 10.5 Å². The van der Waals surface area contributed by atoms with Gasteiger partial charge in [0.2, 0.25) is 0 Å². The Morgan fingerprint density at radius 3 is 1.86 bits per heavy atom. The zero-order valence-corrected chi connectivity index (χ0v) is 16.5. The summed E-state index contributed by atoms with van der Waals surface area (Å²) in [6.45, 7) is 3.51. The molecule has 0 radical (unpaired) electrons. The summed E-state index contributed by atoms with van der Waals surface area (Å²) in [4.78, 5) is 0. The van der Waals surface area contributed by atoms with Gasteiger partial charge in [-0.05, 0) is 36.6 Å². The fourth-order valence-electron chi connectivity index (χ4n) is 3.62. The van der Waals surface area contributed by atoms with Crippen LogP contribution in [0.3, 0.4) is 0 Å². The zero-order valence-electron chi connectivity index (χ0n) is 15.6. The van der Waals surface area contributed by atoms with E-state index >= 15 is 0 Å². The first-order valence-corrected chi connectivity index (χ1v) is 11.5. The predicted octanol–water partition coefficient (Wildman–Crippen LogP) is 5.65. The average molecular weight is 380 g/mol. The van der Waals surface area contributed by atoms with Crippen molar-refractivity contribution in [2.24, 2.45) is 0 Å². The maximum atomic E-state index is 12.5. The van der Waals surface area contributed by atoms with E-state index in [1.807, 2.05) is 66.7 Å². The molecule has 0 aliphatic rings. The van der Waals surface area contributed by atoms with E-state index in [-0.39, 0.29) is 0 Å². The molecule has 4 rings (SSSR count). The van der Waals surface area contributed by atoms with E-state index in [9.17, 15) is 15.1 Å². The van der Waals surface area contributed by atoms with Crippen molar-refractivity contribution in [1.82, 2.24) is 0 Å². The highest BCUT2D eigenvalue weighted by molar-refractivity contribution is 7.70. The lowest BCUT2D eigenvalue weighted by atomic mass is 9.90. The van der Waals surface area contributed by atoms with E-state index in [2.05, 4.69) is 12.1 Å². The molecule has 3 nitrogen and oxygen atoms in total. The Bertz CT molecular complexity index is 1380. The van der Waals surface area contributed by atoms with Crippen molar-refractivity contribution in [3.05, 3.63) is 77.9 Å². The van der Waals surface area contributed by atoms with Crippen molar-refractivity contribution in [1.29, 1.82) is 10.5 Å². The van der Waals surface area contributed by atoms with Gasteiger partial charge in [0.15, 0.2) is 0 Å². The van der Waals surface area contributed by atoms with Gasteiger partial charge < -0.3 is 4.57 Å². The summed E-state index contributed by atoms with van der Waals surface area (Å²) in [7, 11) is -2.37. The summed E-state index contributed by atoms with van der Waals surface area (Å²) in [6, 6.07) is 25.7. The largest absolute Gasteiger partial charge is 0.319 e. The number of nitriles is 2. The van der Waals surface area contributed by atoms with E-state index in [4.69, 9.17) is 0 Å². The smallest absolute Gasteiger partial charge is 0.109 e. The van der Waals surface area contributed by atoms with Gasteiger partial charge in [-0.1, -0.05) is 54.6 Å². The minimum absolute atomic E-state index is 0.569. The standard InChI is InChI=1S/C24H17N2OP/c1-28(2,27)18-7-5-6-16(12-18)17-10-11-21-22(13-17)24(15-26)20-9-4-3-8-19(20)23(21)14-25/h3-13H,1-2H3. The lowest BCUT2D eigenvalue weighted by Gasteiger charge is -2.12. The summed E-state index contributed by atoms with van der Waals surface area (Å²) in [5, 5.41) is 23.5. The van der Waals surface area contributed by atoms with Gasteiger partial charge in [0.25, 0.3) is 0 Å². The van der Waals surface area contributed by atoms with Crippen LogP contribution >= 0.6 is 7.14 Å². The minimum atomic E-state index is -2.37. The number of hydrogen-bond donors (Lipinski definition) is 0. The Hall–Kier alpha value is -3.39. The molecule has 0 atom stereocenters. The minimum Gasteiger partial charge on any atom is -0.319 e. The van der Waals surface area contributed by atoms with Gasteiger partial charge in [-0.3, -0.25) is 0 Å². The Balaban J connectivity index is 2.06. The van der Waals surface area contributed by atoms with E-state index in [1.165, 1.54) is 0 Å². The highest BCUT2D eigenvalue weighted by atomic mass is 31.2. The summed E-state index contributed by atoms with van der Waals surface area (Å²) in [5.41, 5.74) is 3.02. The van der Waals surface area contributed by atoms with Crippen LogP contribution in [0.4, 0.5) is 0 Å². The van der Waals surface area contributed by atoms with Gasteiger partial charge in [0.1, 0.15) is 19.3 Å². The van der Waals surface area contributed by atoms with Gasteiger partial charge in [-0.15, -0.1) is 0 Å². The SMILES string of the molecule is CP(C)(=O)c1cccc(-c2ccc3c(C#N)c4ccccc4c(C#N)c3c2)c1. The van der Waals surface area contributed by atoms with Crippen LogP contribution in [0.5, 0.6) is 0 Å². The van der Waals surface area contributed by atoms with Crippen LogP contribution in [0, 0.1) is 22.7 Å². The van der Waals surface area contributed by atoms with Crippen LogP contribution in [0.2, 0.25) is 0 Å². The van der Waals surface area contributed by atoms with Crippen molar-refractivity contribution in [2.75, 3.05) is 13.3 Å². The van der Waals surface area contributed by atoms with Crippen LogP contribution in [0.1, 0.15) is 11.1 Å². The third-order valence-electron chi connectivity index (χ3n) is 5.05. The summed E-state index contributed by atoms with van der Waals surface area (Å²) in [6.07, 6.45) is 0. The normalized spacial score (nSPS) is 11.3. The maximum absolute atomic E-state index is 12.5.